The molecule has 198 valence electrons. The standard InChI is InChI=1S/C31H43N5O/c1-23(2)21-35(30(37)25-13-15-26(16-14-25)31(4,5)6)22-28-24(3)32-36(27-11-9-8-10-12-27)29(28)34-19-17-33(7)18-20-34/h8-16,23H,17-22H2,1-7H3. The van der Waals surface area contributed by atoms with Gasteiger partial charge in [-0.1, -0.05) is 65.0 Å². The Morgan fingerprint density at radius 2 is 1.59 bits per heavy atom. The first-order chi connectivity index (χ1) is 17.5. The number of nitrogens with zero attached hydrogens (tertiary/aromatic N) is 5. The second kappa shape index (κ2) is 11.1. The number of aryl methyl sites for hydroxylation is 1. The molecule has 2 aromatic carbocycles. The first-order valence-corrected chi connectivity index (χ1v) is 13.5. The molecule has 1 aliphatic heterocycles. The Hall–Kier alpha value is -3.12. The van der Waals surface area contributed by atoms with E-state index in [0.717, 1.165) is 54.5 Å². The number of amides is 1. The van der Waals surface area contributed by atoms with Crippen molar-refractivity contribution in [1.82, 2.24) is 19.6 Å². The van der Waals surface area contributed by atoms with E-state index in [0.29, 0.717) is 19.0 Å². The van der Waals surface area contributed by atoms with Gasteiger partial charge in [-0.2, -0.15) is 5.10 Å². The lowest BCUT2D eigenvalue weighted by molar-refractivity contribution is 0.0722. The number of hydrogen-bond donors (Lipinski definition) is 0. The molecular formula is C31H43N5O. The summed E-state index contributed by atoms with van der Waals surface area (Å²) in [6.07, 6.45) is 0. The molecule has 6 nitrogen and oxygen atoms in total. The van der Waals surface area contributed by atoms with Crippen LogP contribution >= 0.6 is 0 Å². The normalized spacial score (nSPS) is 14.9. The van der Waals surface area contributed by atoms with Crippen molar-refractivity contribution in [3.8, 4) is 5.69 Å². The maximum absolute atomic E-state index is 13.8. The Morgan fingerprint density at radius 3 is 2.16 bits per heavy atom. The van der Waals surface area contributed by atoms with Crippen LogP contribution in [0.3, 0.4) is 0 Å². The van der Waals surface area contributed by atoms with E-state index in [1.165, 1.54) is 5.56 Å². The summed E-state index contributed by atoms with van der Waals surface area (Å²) < 4.78 is 2.08. The summed E-state index contributed by atoms with van der Waals surface area (Å²) >= 11 is 0. The molecule has 0 radical (unpaired) electrons. The van der Waals surface area contributed by atoms with Gasteiger partial charge in [0.25, 0.3) is 5.91 Å². The quantitative estimate of drug-likeness (QED) is 0.427. The van der Waals surface area contributed by atoms with Crippen molar-refractivity contribution in [2.45, 2.75) is 53.5 Å². The fraction of sp³-hybridized carbons (Fsp3) is 0.484. The summed E-state index contributed by atoms with van der Waals surface area (Å²) in [4.78, 5) is 20.7. The third-order valence-corrected chi connectivity index (χ3v) is 7.18. The zero-order valence-electron chi connectivity index (χ0n) is 23.7. The second-order valence-electron chi connectivity index (χ2n) is 11.8. The minimum atomic E-state index is 0.0553. The molecule has 0 unspecified atom stereocenters. The van der Waals surface area contributed by atoms with Crippen LogP contribution in [-0.4, -0.2) is 65.3 Å². The van der Waals surface area contributed by atoms with Crippen molar-refractivity contribution in [3.63, 3.8) is 0 Å². The fourth-order valence-corrected chi connectivity index (χ4v) is 4.97. The van der Waals surface area contributed by atoms with Crippen molar-refractivity contribution < 1.29 is 4.79 Å². The van der Waals surface area contributed by atoms with Gasteiger partial charge in [-0.25, -0.2) is 4.68 Å². The van der Waals surface area contributed by atoms with Crippen LogP contribution in [0.25, 0.3) is 5.69 Å². The monoisotopic (exact) mass is 501 g/mol. The number of benzene rings is 2. The fourth-order valence-electron chi connectivity index (χ4n) is 4.97. The predicted molar refractivity (Wildman–Crippen MR) is 153 cm³/mol. The molecule has 3 aromatic rings. The van der Waals surface area contributed by atoms with Crippen LogP contribution in [0.2, 0.25) is 0 Å². The number of hydrogen-bond acceptors (Lipinski definition) is 4. The van der Waals surface area contributed by atoms with Crippen LogP contribution in [0.5, 0.6) is 0 Å². The van der Waals surface area contributed by atoms with E-state index in [4.69, 9.17) is 5.10 Å². The molecule has 0 spiro atoms. The Balaban J connectivity index is 1.72. The highest BCUT2D eigenvalue weighted by Gasteiger charge is 2.28. The third kappa shape index (κ3) is 6.24. The number of para-hydroxylation sites is 1. The minimum absolute atomic E-state index is 0.0553. The van der Waals surface area contributed by atoms with E-state index in [9.17, 15) is 4.79 Å². The van der Waals surface area contributed by atoms with Crippen LogP contribution in [0.1, 0.15) is 61.8 Å². The molecule has 4 rings (SSSR count). The van der Waals surface area contributed by atoms with Crippen LogP contribution in [0.4, 0.5) is 5.82 Å². The van der Waals surface area contributed by atoms with Gasteiger partial charge in [-0.05, 0) is 55.1 Å². The average molecular weight is 502 g/mol. The van der Waals surface area contributed by atoms with Gasteiger partial charge in [0.05, 0.1) is 17.9 Å². The van der Waals surface area contributed by atoms with E-state index < -0.39 is 0 Å². The van der Waals surface area contributed by atoms with E-state index in [1.54, 1.807) is 0 Å². The highest BCUT2D eigenvalue weighted by Crippen LogP contribution is 2.30. The summed E-state index contributed by atoms with van der Waals surface area (Å²) in [6.45, 7) is 18.1. The van der Waals surface area contributed by atoms with Gasteiger partial charge in [-0.15, -0.1) is 0 Å². The highest BCUT2D eigenvalue weighted by molar-refractivity contribution is 5.94. The third-order valence-electron chi connectivity index (χ3n) is 7.18. The molecule has 1 amide bonds. The summed E-state index contributed by atoms with van der Waals surface area (Å²) in [7, 11) is 2.17. The molecule has 0 atom stereocenters. The van der Waals surface area contributed by atoms with E-state index in [-0.39, 0.29) is 11.3 Å². The number of aromatic nitrogens is 2. The molecule has 0 aliphatic carbocycles. The summed E-state index contributed by atoms with van der Waals surface area (Å²) in [5, 5.41) is 5.00. The van der Waals surface area contributed by atoms with E-state index in [2.05, 4.69) is 99.5 Å². The van der Waals surface area contributed by atoms with Gasteiger partial charge in [0.1, 0.15) is 5.82 Å². The highest BCUT2D eigenvalue weighted by atomic mass is 16.2. The molecule has 0 bridgehead atoms. The number of carbonyl (C=O) groups excluding carboxylic acids is 1. The average Bonchev–Trinajstić information content (AvgIpc) is 3.19. The molecule has 6 heteroatoms. The molecule has 1 fully saturated rings. The SMILES string of the molecule is Cc1nn(-c2ccccc2)c(N2CCN(C)CC2)c1CN(CC(C)C)C(=O)c1ccc(C(C)(C)C)cc1. The topological polar surface area (TPSA) is 44.6 Å². The Bertz CT molecular complexity index is 1180. The van der Waals surface area contributed by atoms with Gasteiger partial charge < -0.3 is 14.7 Å². The van der Waals surface area contributed by atoms with Crippen LogP contribution in [-0.2, 0) is 12.0 Å². The van der Waals surface area contributed by atoms with Crippen molar-refractivity contribution in [3.05, 3.63) is 77.0 Å². The summed E-state index contributed by atoms with van der Waals surface area (Å²) in [5.74, 6) is 1.54. The smallest absolute Gasteiger partial charge is 0.254 e. The maximum Gasteiger partial charge on any atom is 0.254 e. The van der Waals surface area contributed by atoms with Gasteiger partial charge in [0.2, 0.25) is 0 Å². The number of anilines is 1. The zero-order chi connectivity index (χ0) is 26.7. The zero-order valence-corrected chi connectivity index (χ0v) is 23.7. The van der Waals surface area contributed by atoms with Gasteiger partial charge in [0, 0.05) is 43.9 Å². The molecule has 0 saturated carbocycles. The van der Waals surface area contributed by atoms with Gasteiger partial charge >= 0.3 is 0 Å². The van der Waals surface area contributed by atoms with E-state index in [1.807, 2.05) is 23.1 Å². The number of carbonyl (C=O) groups is 1. The second-order valence-corrected chi connectivity index (χ2v) is 11.8. The van der Waals surface area contributed by atoms with Crippen molar-refractivity contribution in [1.29, 1.82) is 0 Å². The first-order valence-electron chi connectivity index (χ1n) is 13.5. The van der Waals surface area contributed by atoms with Crippen molar-refractivity contribution in [2.75, 3.05) is 44.7 Å². The number of rotatable bonds is 7. The Morgan fingerprint density at radius 1 is 0.973 bits per heavy atom. The largest absolute Gasteiger partial charge is 0.354 e. The van der Waals surface area contributed by atoms with Crippen LogP contribution in [0, 0.1) is 12.8 Å². The molecule has 2 heterocycles. The van der Waals surface area contributed by atoms with Crippen LogP contribution < -0.4 is 4.90 Å². The molecule has 0 N–H and O–H groups in total. The Kier molecular flexibility index (Phi) is 8.08. The Labute approximate surface area is 222 Å². The molecular weight excluding hydrogens is 458 g/mol. The predicted octanol–water partition coefficient (Wildman–Crippen LogP) is 5.53. The lowest BCUT2D eigenvalue weighted by atomic mass is 9.86. The molecule has 1 aliphatic rings. The lowest BCUT2D eigenvalue weighted by Gasteiger charge is -2.35. The molecule has 37 heavy (non-hydrogen) atoms. The van der Waals surface area contributed by atoms with Crippen molar-refractivity contribution >= 4 is 11.7 Å². The number of piperazine rings is 1. The summed E-state index contributed by atoms with van der Waals surface area (Å²) in [5.41, 5.74) is 5.18. The summed E-state index contributed by atoms with van der Waals surface area (Å²) in [6, 6.07) is 18.5. The number of likely N-dealkylation sites (N-methyl/N-ethyl adjacent to an activating group) is 1. The van der Waals surface area contributed by atoms with Gasteiger partial charge in [-0.3, -0.25) is 4.79 Å². The molecule has 1 saturated heterocycles. The van der Waals surface area contributed by atoms with Crippen LogP contribution in [0.15, 0.2) is 54.6 Å². The van der Waals surface area contributed by atoms with Crippen molar-refractivity contribution in [2.24, 2.45) is 5.92 Å². The molecule has 1 aromatic heterocycles. The first kappa shape index (κ1) is 26.9. The van der Waals surface area contributed by atoms with E-state index >= 15 is 0 Å². The van der Waals surface area contributed by atoms with Gasteiger partial charge in [0.15, 0.2) is 0 Å². The minimum Gasteiger partial charge on any atom is -0.354 e. The maximum atomic E-state index is 13.8. The lowest BCUT2D eigenvalue weighted by Crippen LogP contribution is -2.45.